The van der Waals surface area contributed by atoms with E-state index in [2.05, 4.69) is 10.9 Å². The standard InChI is InChI=1S/C8H6ClN/c1-2-7-3-4-10-6-8(7)5-9/h1,3-4,6H,5H2. The molecule has 50 valence electrons. The average molecular weight is 152 g/mol. The number of halogens is 1. The second-order valence-corrected chi connectivity index (χ2v) is 2.08. The molecule has 1 aromatic heterocycles. The fourth-order valence-corrected chi connectivity index (χ4v) is 0.887. The highest BCUT2D eigenvalue weighted by Crippen LogP contribution is 2.07. The third kappa shape index (κ3) is 1.29. The number of hydrogen-bond donors (Lipinski definition) is 0. The molecule has 1 nitrogen and oxygen atoms in total. The summed E-state index contributed by atoms with van der Waals surface area (Å²) in [4.78, 5) is 3.88. The third-order valence-corrected chi connectivity index (χ3v) is 1.49. The zero-order valence-corrected chi connectivity index (χ0v) is 6.10. The van der Waals surface area contributed by atoms with Gasteiger partial charge in [-0.05, 0) is 6.07 Å². The zero-order valence-electron chi connectivity index (χ0n) is 5.34. The van der Waals surface area contributed by atoms with E-state index in [9.17, 15) is 0 Å². The maximum absolute atomic E-state index is 5.58. The number of aromatic nitrogens is 1. The summed E-state index contributed by atoms with van der Waals surface area (Å²) in [5.74, 6) is 2.95. The Morgan fingerprint density at radius 1 is 1.70 bits per heavy atom. The summed E-state index contributed by atoms with van der Waals surface area (Å²) in [6.45, 7) is 0. The maximum atomic E-state index is 5.58. The van der Waals surface area contributed by atoms with Gasteiger partial charge in [-0.3, -0.25) is 4.98 Å². The molecule has 1 rings (SSSR count). The van der Waals surface area contributed by atoms with Crippen LogP contribution < -0.4 is 0 Å². The van der Waals surface area contributed by atoms with E-state index >= 15 is 0 Å². The highest BCUT2D eigenvalue weighted by molar-refractivity contribution is 6.17. The van der Waals surface area contributed by atoms with Gasteiger partial charge in [0.25, 0.3) is 0 Å². The quantitative estimate of drug-likeness (QED) is 0.441. The number of rotatable bonds is 1. The first-order valence-corrected chi connectivity index (χ1v) is 3.37. The Morgan fingerprint density at radius 2 is 2.50 bits per heavy atom. The molecule has 1 heterocycles. The molecule has 10 heavy (non-hydrogen) atoms. The molecule has 0 atom stereocenters. The number of terminal acetylenes is 1. The van der Waals surface area contributed by atoms with Crippen LogP contribution in [-0.4, -0.2) is 4.98 Å². The minimum atomic E-state index is 0.424. The molecule has 0 fully saturated rings. The van der Waals surface area contributed by atoms with E-state index in [0.717, 1.165) is 11.1 Å². The van der Waals surface area contributed by atoms with Crippen LogP contribution >= 0.6 is 11.6 Å². The van der Waals surface area contributed by atoms with Crippen LogP contribution in [-0.2, 0) is 5.88 Å². The molecule has 0 spiro atoms. The summed E-state index contributed by atoms with van der Waals surface area (Å²) in [5.41, 5.74) is 1.73. The molecular weight excluding hydrogens is 146 g/mol. The third-order valence-electron chi connectivity index (χ3n) is 1.20. The van der Waals surface area contributed by atoms with Gasteiger partial charge in [0.2, 0.25) is 0 Å². The monoisotopic (exact) mass is 151 g/mol. The summed E-state index contributed by atoms with van der Waals surface area (Å²) >= 11 is 5.58. The van der Waals surface area contributed by atoms with E-state index in [0.29, 0.717) is 5.88 Å². The van der Waals surface area contributed by atoms with Gasteiger partial charge < -0.3 is 0 Å². The van der Waals surface area contributed by atoms with Crippen molar-refractivity contribution < 1.29 is 0 Å². The van der Waals surface area contributed by atoms with Crippen molar-refractivity contribution >= 4 is 11.6 Å². The fraction of sp³-hybridized carbons (Fsp3) is 0.125. The van der Waals surface area contributed by atoms with Crippen LogP contribution in [0.4, 0.5) is 0 Å². The molecule has 2 heteroatoms. The van der Waals surface area contributed by atoms with E-state index in [1.807, 2.05) is 0 Å². The first kappa shape index (κ1) is 7.11. The summed E-state index contributed by atoms with van der Waals surface area (Å²) in [6, 6.07) is 1.78. The molecule has 0 N–H and O–H groups in total. The van der Waals surface area contributed by atoms with Crippen LogP contribution in [0.2, 0.25) is 0 Å². The Labute approximate surface area is 65.0 Å². The van der Waals surface area contributed by atoms with E-state index in [-0.39, 0.29) is 0 Å². The molecule has 0 saturated carbocycles. The van der Waals surface area contributed by atoms with Crippen LogP contribution in [0.25, 0.3) is 0 Å². The molecule has 0 saturated heterocycles. The van der Waals surface area contributed by atoms with Crippen molar-refractivity contribution in [2.24, 2.45) is 0 Å². The SMILES string of the molecule is C#Cc1ccncc1CCl. The molecule has 0 aromatic carbocycles. The topological polar surface area (TPSA) is 12.9 Å². The lowest BCUT2D eigenvalue weighted by Gasteiger charge is -1.95. The molecule has 0 bridgehead atoms. The highest BCUT2D eigenvalue weighted by Gasteiger charge is 1.94. The highest BCUT2D eigenvalue weighted by atomic mass is 35.5. The Kier molecular flexibility index (Phi) is 2.30. The van der Waals surface area contributed by atoms with Crippen molar-refractivity contribution in [2.45, 2.75) is 5.88 Å². The second kappa shape index (κ2) is 3.24. The van der Waals surface area contributed by atoms with E-state index in [4.69, 9.17) is 18.0 Å². The number of nitrogens with zero attached hydrogens (tertiary/aromatic N) is 1. The van der Waals surface area contributed by atoms with Crippen LogP contribution in [0, 0.1) is 12.3 Å². The van der Waals surface area contributed by atoms with Crippen molar-refractivity contribution in [3.8, 4) is 12.3 Å². The summed E-state index contributed by atoms with van der Waals surface area (Å²) < 4.78 is 0. The maximum Gasteiger partial charge on any atom is 0.0501 e. The summed E-state index contributed by atoms with van der Waals surface area (Å²) in [5, 5.41) is 0. The van der Waals surface area contributed by atoms with E-state index < -0.39 is 0 Å². The second-order valence-electron chi connectivity index (χ2n) is 1.81. The smallest absolute Gasteiger partial charge is 0.0501 e. The molecule has 0 aliphatic rings. The lowest BCUT2D eigenvalue weighted by molar-refractivity contribution is 1.23. The van der Waals surface area contributed by atoms with Gasteiger partial charge in [-0.2, -0.15) is 0 Å². The normalized spacial score (nSPS) is 8.80. The molecule has 0 radical (unpaired) electrons. The predicted molar refractivity (Wildman–Crippen MR) is 41.7 cm³/mol. The van der Waals surface area contributed by atoms with Gasteiger partial charge >= 0.3 is 0 Å². The fourth-order valence-electron chi connectivity index (χ4n) is 0.674. The van der Waals surface area contributed by atoms with Crippen LogP contribution in [0.3, 0.4) is 0 Å². The molecule has 0 unspecified atom stereocenters. The van der Waals surface area contributed by atoms with Gasteiger partial charge in [-0.1, -0.05) is 5.92 Å². The van der Waals surface area contributed by atoms with Crippen molar-refractivity contribution in [1.82, 2.24) is 4.98 Å². The number of pyridine rings is 1. The predicted octanol–water partition coefficient (Wildman–Crippen LogP) is 1.80. The average Bonchev–Trinajstić information content (AvgIpc) is 2.04. The van der Waals surface area contributed by atoms with Gasteiger partial charge in [0.1, 0.15) is 0 Å². The van der Waals surface area contributed by atoms with Crippen molar-refractivity contribution in [2.75, 3.05) is 0 Å². The van der Waals surface area contributed by atoms with E-state index in [1.54, 1.807) is 18.5 Å². The number of alkyl halides is 1. The van der Waals surface area contributed by atoms with Crippen molar-refractivity contribution in [1.29, 1.82) is 0 Å². The molecule has 1 aromatic rings. The molecule has 0 amide bonds. The van der Waals surface area contributed by atoms with Crippen molar-refractivity contribution in [3.05, 3.63) is 29.6 Å². The van der Waals surface area contributed by atoms with Crippen LogP contribution in [0.1, 0.15) is 11.1 Å². The summed E-state index contributed by atoms with van der Waals surface area (Å²) in [7, 11) is 0. The van der Waals surface area contributed by atoms with Gasteiger partial charge in [-0.25, -0.2) is 0 Å². The summed E-state index contributed by atoms with van der Waals surface area (Å²) in [6.07, 6.45) is 8.53. The van der Waals surface area contributed by atoms with E-state index in [1.165, 1.54) is 0 Å². The molecule has 0 aliphatic carbocycles. The molecular formula is C8H6ClN. The van der Waals surface area contributed by atoms with Crippen LogP contribution in [0.5, 0.6) is 0 Å². The Balaban J connectivity index is 3.12. The number of hydrogen-bond acceptors (Lipinski definition) is 1. The Morgan fingerprint density at radius 3 is 3.00 bits per heavy atom. The zero-order chi connectivity index (χ0) is 7.40. The van der Waals surface area contributed by atoms with Gasteiger partial charge in [0.15, 0.2) is 0 Å². The van der Waals surface area contributed by atoms with Crippen LogP contribution in [0.15, 0.2) is 18.5 Å². The van der Waals surface area contributed by atoms with Gasteiger partial charge in [0, 0.05) is 23.5 Å². The van der Waals surface area contributed by atoms with Gasteiger partial charge in [0.05, 0.1) is 5.88 Å². The van der Waals surface area contributed by atoms with Crippen molar-refractivity contribution in [3.63, 3.8) is 0 Å². The lowest BCUT2D eigenvalue weighted by Crippen LogP contribution is -1.85. The Bertz CT molecular complexity index is 262. The first-order valence-electron chi connectivity index (χ1n) is 2.84. The lowest BCUT2D eigenvalue weighted by atomic mass is 10.2. The largest absolute Gasteiger partial charge is 0.264 e. The first-order chi connectivity index (χ1) is 4.88. The van der Waals surface area contributed by atoms with Gasteiger partial charge in [-0.15, -0.1) is 18.0 Å². The molecule has 0 aliphatic heterocycles. The minimum absolute atomic E-state index is 0.424. The minimum Gasteiger partial charge on any atom is -0.264 e. The Hall–Kier alpha value is -1.00.